The average molecular weight is 351 g/mol. The van der Waals surface area contributed by atoms with Gasteiger partial charge in [0.15, 0.2) is 0 Å². The molecule has 1 aromatic carbocycles. The lowest BCUT2D eigenvalue weighted by Gasteiger charge is -2.10. The van der Waals surface area contributed by atoms with Gasteiger partial charge in [0, 0.05) is 18.4 Å². The van der Waals surface area contributed by atoms with Crippen molar-refractivity contribution in [3.63, 3.8) is 0 Å². The van der Waals surface area contributed by atoms with Crippen molar-refractivity contribution in [2.24, 2.45) is 0 Å². The monoisotopic (exact) mass is 350 g/mol. The summed E-state index contributed by atoms with van der Waals surface area (Å²) in [6.07, 6.45) is 2.73. The molecule has 2 rings (SSSR count). The molecule has 1 heterocycles. The molecule has 0 bridgehead atoms. The summed E-state index contributed by atoms with van der Waals surface area (Å²) in [4.78, 5) is 8.61. The number of anilines is 3. The lowest BCUT2D eigenvalue weighted by Crippen LogP contribution is -2.04. The Morgan fingerprint density at radius 1 is 1.19 bits per heavy atom. The number of benzene rings is 1. The van der Waals surface area contributed by atoms with Crippen molar-refractivity contribution in [2.45, 2.75) is 20.3 Å². The van der Waals surface area contributed by atoms with E-state index < -0.39 is 0 Å². The molecule has 2 aromatic rings. The Morgan fingerprint density at radius 2 is 1.95 bits per heavy atom. The topological polar surface area (TPSA) is 59.1 Å². The summed E-state index contributed by atoms with van der Waals surface area (Å²) in [6.45, 7) is 5.61. The molecule has 0 aliphatic heterocycles. The van der Waals surface area contributed by atoms with Crippen LogP contribution in [0.2, 0.25) is 0 Å². The predicted molar refractivity (Wildman–Crippen MR) is 89.4 cm³/mol. The zero-order valence-corrected chi connectivity index (χ0v) is 13.8. The lowest BCUT2D eigenvalue weighted by atomic mass is 10.3. The summed E-state index contributed by atoms with van der Waals surface area (Å²) in [6, 6.07) is 7.81. The molecule has 21 heavy (non-hydrogen) atoms. The standard InChI is InChI=1S/C15H19BrN4O/c1-3-9-21-12-7-5-11(6-8-12)19-14-13(16)10-18-15(20-14)17-4-2/h5-8,10H,3-4,9H2,1-2H3,(H2,17,18,19,20). The zero-order chi connectivity index (χ0) is 15.1. The molecule has 0 aliphatic carbocycles. The van der Waals surface area contributed by atoms with E-state index in [4.69, 9.17) is 4.74 Å². The third kappa shape index (κ3) is 4.60. The third-order valence-corrected chi connectivity index (χ3v) is 3.25. The zero-order valence-electron chi connectivity index (χ0n) is 12.2. The first-order valence-electron chi connectivity index (χ1n) is 6.99. The van der Waals surface area contributed by atoms with Crippen LogP contribution in [0.15, 0.2) is 34.9 Å². The van der Waals surface area contributed by atoms with Crippen LogP contribution < -0.4 is 15.4 Å². The molecule has 0 atom stereocenters. The van der Waals surface area contributed by atoms with Crippen LogP contribution in [0.1, 0.15) is 20.3 Å². The van der Waals surface area contributed by atoms with Gasteiger partial charge in [-0.05, 0) is 53.5 Å². The Balaban J connectivity index is 2.08. The van der Waals surface area contributed by atoms with E-state index >= 15 is 0 Å². The van der Waals surface area contributed by atoms with E-state index in [0.29, 0.717) is 5.95 Å². The van der Waals surface area contributed by atoms with E-state index in [1.165, 1.54) is 0 Å². The van der Waals surface area contributed by atoms with Crippen molar-refractivity contribution in [1.29, 1.82) is 0 Å². The van der Waals surface area contributed by atoms with Crippen molar-refractivity contribution in [2.75, 3.05) is 23.8 Å². The Bertz CT molecular complexity index is 574. The largest absolute Gasteiger partial charge is 0.494 e. The van der Waals surface area contributed by atoms with Crippen molar-refractivity contribution in [3.8, 4) is 5.75 Å². The predicted octanol–water partition coefficient (Wildman–Crippen LogP) is 4.20. The maximum absolute atomic E-state index is 5.56. The highest BCUT2D eigenvalue weighted by molar-refractivity contribution is 9.10. The SMILES string of the molecule is CCCOc1ccc(Nc2nc(NCC)ncc2Br)cc1. The van der Waals surface area contributed by atoms with E-state index in [-0.39, 0.29) is 0 Å². The van der Waals surface area contributed by atoms with Crippen LogP contribution in [0.5, 0.6) is 5.75 Å². The van der Waals surface area contributed by atoms with Crippen LogP contribution in [0.25, 0.3) is 0 Å². The van der Waals surface area contributed by atoms with Gasteiger partial charge >= 0.3 is 0 Å². The maximum atomic E-state index is 5.56. The van der Waals surface area contributed by atoms with Crippen LogP contribution in [0.4, 0.5) is 17.5 Å². The highest BCUT2D eigenvalue weighted by Gasteiger charge is 2.05. The van der Waals surface area contributed by atoms with Crippen LogP contribution in [0.3, 0.4) is 0 Å². The van der Waals surface area contributed by atoms with E-state index in [1.807, 2.05) is 31.2 Å². The number of hydrogen-bond acceptors (Lipinski definition) is 5. The number of aromatic nitrogens is 2. The molecule has 0 radical (unpaired) electrons. The number of rotatable bonds is 7. The second kappa shape index (κ2) is 7.83. The first-order valence-corrected chi connectivity index (χ1v) is 7.78. The molecule has 0 amide bonds. The first kappa shape index (κ1) is 15.6. The van der Waals surface area contributed by atoms with Gasteiger partial charge in [-0.2, -0.15) is 4.98 Å². The quantitative estimate of drug-likeness (QED) is 0.783. The van der Waals surface area contributed by atoms with Crippen LogP contribution >= 0.6 is 15.9 Å². The summed E-state index contributed by atoms with van der Waals surface area (Å²) < 4.78 is 6.38. The second-order valence-corrected chi connectivity index (χ2v) is 5.27. The Kier molecular flexibility index (Phi) is 5.80. The fourth-order valence-electron chi connectivity index (χ4n) is 1.69. The van der Waals surface area contributed by atoms with Gasteiger partial charge in [-0.3, -0.25) is 0 Å². The molecule has 0 saturated carbocycles. The number of hydrogen-bond donors (Lipinski definition) is 2. The van der Waals surface area contributed by atoms with Crippen LogP contribution in [-0.4, -0.2) is 23.1 Å². The highest BCUT2D eigenvalue weighted by Crippen LogP contribution is 2.25. The summed E-state index contributed by atoms with van der Waals surface area (Å²) >= 11 is 3.45. The van der Waals surface area contributed by atoms with Crippen molar-refractivity contribution in [3.05, 3.63) is 34.9 Å². The number of nitrogens with one attached hydrogen (secondary N) is 2. The van der Waals surface area contributed by atoms with Gasteiger partial charge in [-0.1, -0.05) is 6.92 Å². The molecular formula is C15H19BrN4O. The minimum absolute atomic E-state index is 0.603. The van der Waals surface area contributed by atoms with Gasteiger partial charge in [0.1, 0.15) is 11.6 Å². The maximum Gasteiger partial charge on any atom is 0.224 e. The minimum Gasteiger partial charge on any atom is -0.494 e. The summed E-state index contributed by atoms with van der Waals surface area (Å²) in [5.74, 6) is 2.20. The fraction of sp³-hybridized carbons (Fsp3) is 0.333. The Hall–Kier alpha value is -1.82. The highest BCUT2D eigenvalue weighted by atomic mass is 79.9. The van der Waals surface area contributed by atoms with Crippen molar-refractivity contribution in [1.82, 2.24) is 9.97 Å². The molecule has 0 unspecified atom stereocenters. The van der Waals surface area contributed by atoms with Gasteiger partial charge in [-0.25, -0.2) is 4.98 Å². The van der Waals surface area contributed by atoms with Gasteiger partial charge in [0.25, 0.3) is 0 Å². The molecule has 2 N–H and O–H groups in total. The summed E-state index contributed by atoms with van der Waals surface area (Å²) in [5.41, 5.74) is 0.945. The molecular weight excluding hydrogens is 332 g/mol. The fourth-order valence-corrected chi connectivity index (χ4v) is 1.98. The average Bonchev–Trinajstić information content (AvgIpc) is 2.50. The van der Waals surface area contributed by atoms with E-state index in [0.717, 1.165) is 41.3 Å². The Morgan fingerprint density at radius 3 is 2.62 bits per heavy atom. The van der Waals surface area contributed by atoms with Crippen LogP contribution in [-0.2, 0) is 0 Å². The molecule has 6 heteroatoms. The molecule has 5 nitrogen and oxygen atoms in total. The summed E-state index contributed by atoms with van der Waals surface area (Å²) in [7, 11) is 0. The van der Waals surface area contributed by atoms with Gasteiger partial charge < -0.3 is 15.4 Å². The summed E-state index contributed by atoms with van der Waals surface area (Å²) in [5, 5.41) is 6.35. The number of halogens is 1. The molecule has 1 aromatic heterocycles. The number of nitrogens with zero attached hydrogens (tertiary/aromatic N) is 2. The van der Waals surface area contributed by atoms with E-state index in [1.54, 1.807) is 6.20 Å². The first-order chi connectivity index (χ1) is 10.2. The third-order valence-electron chi connectivity index (χ3n) is 2.67. The number of ether oxygens (including phenoxy) is 1. The lowest BCUT2D eigenvalue weighted by molar-refractivity contribution is 0.317. The molecule has 0 fully saturated rings. The molecule has 112 valence electrons. The van der Waals surface area contributed by atoms with Crippen molar-refractivity contribution < 1.29 is 4.74 Å². The van der Waals surface area contributed by atoms with E-state index in [9.17, 15) is 0 Å². The molecule has 0 spiro atoms. The van der Waals surface area contributed by atoms with Crippen LogP contribution in [0, 0.1) is 0 Å². The van der Waals surface area contributed by atoms with E-state index in [2.05, 4.69) is 43.5 Å². The van der Waals surface area contributed by atoms with Gasteiger partial charge in [-0.15, -0.1) is 0 Å². The molecule has 0 aliphatic rings. The normalized spacial score (nSPS) is 10.2. The minimum atomic E-state index is 0.603. The Labute approximate surface area is 133 Å². The van der Waals surface area contributed by atoms with Gasteiger partial charge in [0.05, 0.1) is 11.1 Å². The second-order valence-electron chi connectivity index (χ2n) is 4.42. The smallest absolute Gasteiger partial charge is 0.224 e. The van der Waals surface area contributed by atoms with Gasteiger partial charge in [0.2, 0.25) is 5.95 Å². The van der Waals surface area contributed by atoms with Crippen molar-refractivity contribution >= 4 is 33.4 Å². The molecule has 0 saturated heterocycles.